The molecule has 1 fully saturated rings. The average Bonchev–Trinajstić information content (AvgIpc) is 2.39. The summed E-state index contributed by atoms with van der Waals surface area (Å²) in [6.45, 7) is 13.1. The van der Waals surface area contributed by atoms with E-state index in [4.69, 9.17) is 4.74 Å². The van der Waals surface area contributed by atoms with Crippen LogP contribution in [0.3, 0.4) is 0 Å². The van der Waals surface area contributed by atoms with E-state index in [-0.39, 0.29) is 12.1 Å². The molecule has 1 aliphatic carbocycles. The fourth-order valence-electron chi connectivity index (χ4n) is 3.02. The molecular formula is C18H33NO. The molecule has 0 saturated heterocycles. The van der Waals surface area contributed by atoms with Crippen molar-refractivity contribution in [3.05, 3.63) is 12.2 Å². The van der Waals surface area contributed by atoms with Crippen molar-refractivity contribution in [1.29, 1.82) is 0 Å². The van der Waals surface area contributed by atoms with E-state index in [1.807, 2.05) is 13.0 Å². The first-order valence-electron chi connectivity index (χ1n) is 8.26. The molecule has 0 bridgehead atoms. The van der Waals surface area contributed by atoms with Crippen LogP contribution < -0.4 is 0 Å². The molecular weight excluding hydrogens is 246 g/mol. The van der Waals surface area contributed by atoms with E-state index in [1.54, 1.807) is 0 Å². The summed E-state index contributed by atoms with van der Waals surface area (Å²) in [6.07, 6.45) is 9.82. The summed E-state index contributed by atoms with van der Waals surface area (Å²) in [5.74, 6) is 1.72. The van der Waals surface area contributed by atoms with E-state index >= 15 is 0 Å². The fraction of sp³-hybridized carbons (Fsp3) is 0.833. The molecule has 1 aliphatic rings. The van der Waals surface area contributed by atoms with Crippen LogP contribution in [0.1, 0.15) is 67.2 Å². The number of ether oxygens (including phenoxy) is 1. The average molecular weight is 279 g/mol. The lowest BCUT2D eigenvalue weighted by atomic mass is 9.80. The molecule has 0 amide bonds. The Bertz CT molecular complexity index is 324. The highest BCUT2D eigenvalue weighted by atomic mass is 16.5. The first kappa shape index (κ1) is 17.4. The molecule has 116 valence electrons. The van der Waals surface area contributed by atoms with Crippen LogP contribution in [0.2, 0.25) is 0 Å². The summed E-state index contributed by atoms with van der Waals surface area (Å²) in [6, 6.07) is 0.231. The maximum atomic E-state index is 6.23. The van der Waals surface area contributed by atoms with Crippen LogP contribution in [0.25, 0.3) is 0 Å². The summed E-state index contributed by atoms with van der Waals surface area (Å²) >= 11 is 0. The molecule has 2 nitrogen and oxygen atoms in total. The van der Waals surface area contributed by atoms with Gasteiger partial charge in [0.2, 0.25) is 0 Å². The zero-order valence-electron chi connectivity index (χ0n) is 14.2. The van der Waals surface area contributed by atoms with Crippen LogP contribution in [-0.2, 0) is 4.74 Å². The molecule has 0 aromatic heterocycles. The standard InChI is InChI=1S/C18H33NO/c1-7-8-14(4)19-15(5)16(6)20-18-11-9-17(10-12-18)13(2)3/h7-8,13,15-18H,9-12H2,1-6H3/b8-7-,19-14-/t15-,16?,17-,18+/m1/s1. The smallest absolute Gasteiger partial charge is 0.0771 e. The number of allylic oxidation sites excluding steroid dienone is 2. The van der Waals surface area contributed by atoms with Gasteiger partial charge in [-0.25, -0.2) is 0 Å². The molecule has 0 heterocycles. The van der Waals surface area contributed by atoms with Crippen molar-refractivity contribution in [3.8, 4) is 0 Å². The van der Waals surface area contributed by atoms with Crippen LogP contribution in [0.15, 0.2) is 17.1 Å². The Kier molecular flexibility index (Phi) is 7.50. The van der Waals surface area contributed by atoms with E-state index in [0.29, 0.717) is 6.10 Å². The van der Waals surface area contributed by atoms with Gasteiger partial charge in [0, 0.05) is 5.71 Å². The predicted octanol–water partition coefficient (Wildman–Crippen LogP) is 5.03. The number of aliphatic imine (C=N–C) groups is 1. The first-order chi connectivity index (χ1) is 9.43. The van der Waals surface area contributed by atoms with Crippen LogP contribution in [0.4, 0.5) is 0 Å². The Labute approximate surface area is 125 Å². The molecule has 20 heavy (non-hydrogen) atoms. The van der Waals surface area contributed by atoms with Crippen molar-refractivity contribution in [1.82, 2.24) is 0 Å². The van der Waals surface area contributed by atoms with Crippen LogP contribution in [0.5, 0.6) is 0 Å². The van der Waals surface area contributed by atoms with Gasteiger partial charge in [-0.15, -0.1) is 0 Å². The topological polar surface area (TPSA) is 21.6 Å². The first-order valence-corrected chi connectivity index (χ1v) is 8.26. The molecule has 1 saturated carbocycles. The highest BCUT2D eigenvalue weighted by molar-refractivity contribution is 5.92. The molecule has 0 aromatic carbocycles. The van der Waals surface area contributed by atoms with Crippen molar-refractivity contribution in [2.24, 2.45) is 16.8 Å². The van der Waals surface area contributed by atoms with Crippen molar-refractivity contribution in [3.63, 3.8) is 0 Å². The van der Waals surface area contributed by atoms with Gasteiger partial charge in [-0.2, -0.15) is 0 Å². The minimum absolute atomic E-state index is 0.204. The maximum Gasteiger partial charge on any atom is 0.0771 e. The quantitative estimate of drug-likeness (QED) is 0.625. The fourth-order valence-corrected chi connectivity index (χ4v) is 3.02. The Morgan fingerprint density at radius 2 is 1.70 bits per heavy atom. The number of nitrogens with zero attached hydrogens (tertiary/aromatic N) is 1. The zero-order chi connectivity index (χ0) is 15.1. The zero-order valence-corrected chi connectivity index (χ0v) is 14.2. The highest BCUT2D eigenvalue weighted by Crippen LogP contribution is 2.32. The van der Waals surface area contributed by atoms with Crippen molar-refractivity contribution < 1.29 is 4.74 Å². The predicted molar refractivity (Wildman–Crippen MR) is 88.5 cm³/mol. The van der Waals surface area contributed by atoms with Crippen LogP contribution in [-0.4, -0.2) is 24.0 Å². The Morgan fingerprint density at radius 3 is 2.20 bits per heavy atom. The van der Waals surface area contributed by atoms with Gasteiger partial charge in [0.25, 0.3) is 0 Å². The minimum Gasteiger partial charge on any atom is -0.373 e. The summed E-state index contributed by atoms with van der Waals surface area (Å²) in [5, 5.41) is 0. The third kappa shape index (κ3) is 5.78. The lowest BCUT2D eigenvalue weighted by molar-refractivity contribution is -0.0386. The van der Waals surface area contributed by atoms with Gasteiger partial charge in [-0.05, 0) is 71.3 Å². The van der Waals surface area contributed by atoms with Crippen molar-refractivity contribution in [2.45, 2.75) is 85.5 Å². The third-order valence-electron chi connectivity index (χ3n) is 4.56. The second kappa shape index (κ2) is 8.61. The number of rotatable bonds is 6. The van der Waals surface area contributed by atoms with E-state index in [0.717, 1.165) is 17.5 Å². The lowest BCUT2D eigenvalue weighted by Crippen LogP contribution is -2.31. The van der Waals surface area contributed by atoms with Gasteiger partial charge in [0.15, 0.2) is 0 Å². The van der Waals surface area contributed by atoms with Gasteiger partial charge in [-0.3, -0.25) is 4.99 Å². The molecule has 0 spiro atoms. The Balaban J connectivity index is 2.39. The van der Waals surface area contributed by atoms with E-state index < -0.39 is 0 Å². The summed E-state index contributed by atoms with van der Waals surface area (Å²) < 4.78 is 6.23. The number of hydrogen-bond acceptors (Lipinski definition) is 2. The summed E-state index contributed by atoms with van der Waals surface area (Å²) in [5.41, 5.74) is 1.08. The van der Waals surface area contributed by atoms with E-state index in [1.165, 1.54) is 25.7 Å². The second-order valence-corrected chi connectivity index (χ2v) is 6.63. The van der Waals surface area contributed by atoms with Crippen molar-refractivity contribution in [2.75, 3.05) is 0 Å². The van der Waals surface area contributed by atoms with Crippen molar-refractivity contribution >= 4 is 5.71 Å². The Hall–Kier alpha value is -0.630. The highest BCUT2D eigenvalue weighted by Gasteiger charge is 2.25. The van der Waals surface area contributed by atoms with Crippen LogP contribution in [0, 0.1) is 11.8 Å². The monoisotopic (exact) mass is 279 g/mol. The van der Waals surface area contributed by atoms with E-state index in [2.05, 4.69) is 45.7 Å². The molecule has 0 aliphatic heterocycles. The summed E-state index contributed by atoms with van der Waals surface area (Å²) in [4.78, 5) is 4.68. The second-order valence-electron chi connectivity index (χ2n) is 6.63. The largest absolute Gasteiger partial charge is 0.373 e. The maximum absolute atomic E-state index is 6.23. The minimum atomic E-state index is 0.204. The molecule has 2 atom stereocenters. The Morgan fingerprint density at radius 1 is 1.10 bits per heavy atom. The molecule has 1 unspecified atom stereocenters. The van der Waals surface area contributed by atoms with E-state index in [9.17, 15) is 0 Å². The normalized spacial score (nSPS) is 28.1. The molecule has 1 rings (SSSR count). The van der Waals surface area contributed by atoms with Gasteiger partial charge in [0.05, 0.1) is 18.2 Å². The molecule has 0 aromatic rings. The SMILES string of the molecule is C/C=C\C(C)=N/[C@H](C)C(C)O[C@H]1CC[C@@H](C(C)C)CC1. The molecule has 0 N–H and O–H groups in total. The summed E-state index contributed by atoms with van der Waals surface area (Å²) in [7, 11) is 0. The van der Waals surface area contributed by atoms with Gasteiger partial charge < -0.3 is 4.74 Å². The van der Waals surface area contributed by atoms with Gasteiger partial charge in [0.1, 0.15) is 0 Å². The van der Waals surface area contributed by atoms with Gasteiger partial charge >= 0.3 is 0 Å². The molecule has 0 radical (unpaired) electrons. The van der Waals surface area contributed by atoms with Gasteiger partial charge in [-0.1, -0.05) is 19.9 Å². The van der Waals surface area contributed by atoms with Crippen LogP contribution >= 0.6 is 0 Å². The molecule has 2 heteroatoms. The third-order valence-corrected chi connectivity index (χ3v) is 4.56. The number of hydrogen-bond donors (Lipinski definition) is 0. The lowest BCUT2D eigenvalue weighted by Gasteiger charge is -2.33.